The fraction of sp³-hybridized carbons (Fsp3) is 0.0714. The van der Waals surface area contributed by atoms with Crippen LogP contribution in [0.15, 0.2) is 36.4 Å². The number of hydrogen-bond acceptors (Lipinski definition) is 1. The van der Waals surface area contributed by atoms with Crippen LogP contribution in [0.2, 0.25) is 0 Å². The third-order valence-corrected chi connectivity index (χ3v) is 3.37. The predicted molar refractivity (Wildman–Crippen MR) is 73.7 cm³/mol. The number of hydrogen-bond donors (Lipinski definition) is 0. The first kappa shape index (κ1) is 13.1. The quantitative estimate of drug-likeness (QED) is 0.583. The molecule has 0 spiro atoms. The van der Waals surface area contributed by atoms with E-state index in [0.29, 0.717) is 14.7 Å². The molecule has 0 heterocycles. The molecule has 0 saturated heterocycles. The van der Waals surface area contributed by atoms with E-state index < -0.39 is 11.6 Å². The average Bonchev–Trinajstić information content (AvgIpc) is 2.26. The summed E-state index contributed by atoms with van der Waals surface area (Å²) in [5.41, 5.74) is 1.33. The molecular weight excluding hydrogens is 349 g/mol. The van der Waals surface area contributed by atoms with Crippen molar-refractivity contribution >= 4 is 28.4 Å². The third kappa shape index (κ3) is 2.75. The molecule has 0 aromatic heterocycles. The van der Waals surface area contributed by atoms with Gasteiger partial charge in [0, 0.05) is 14.7 Å². The standard InChI is InChI=1S/C14H9F2IO/c1-8-4-9(6-11(16)5-8)14(18)12-3-2-10(15)7-13(12)17/h2-7H,1H3. The summed E-state index contributed by atoms with van der Waals surface area (Å²) in [5.74, 6) is -1.15. The normalized spacial score (nSPS) is 10.4. The van der Waals surface area contributed by atoms with Gasteiger partial charge in [0.25, 0.3) is 0 Å². The summed E-state index contributed by atoms with van der Waals surface area (Å²) in [4.78, 5) is 12.2. The average molecular weight is 358 g/mol. The van der Waals surface area contributed by atoms with Gasteiger partial charge in [-0.25, -0.2) is 8.78 Å². The van der Waals surface area contributed by atoms with Gasteiger partial charge in [0.2, 0.25) is 0 Å². The summed E-state index contributed by atoms with van der Waals surface area (Å²) in [6.07, 6.45) is 0. The molecule has 0 atom stereocenters. The Bertz CT molecular complexity index is 603. The van der Waals surface area contributed by atoms with Gasteiger partial charge in [0.05, 0.1) is 0 Å². The summed E-state index contributed by atoms with van der Waals surface area (Å²) in [6, 6.07) is 8.08. The van der Waals surface area contributed by atoms with E-state index >= 15 is 0 Å². The predicted octanol–water partition coefficient (Wildman–Crippen LogP) is 4.11. The van der Waals surface area contributed by atoms with Gasteiger partial charge in [-0.05, 0) is 71.5 Å². The molecule has 0 N–H and O–H groups in total. The van der Waals surface area contributed by atoms with Crippen LogP contribution < -0.4 is 0 Å². The van der Waals surface area contributed by atoms with Gasteiger partial charge in [-0.3, -0.25) is 4.79 Å². The van der Waals surface area contributed by atoms with E-state index in [0.717, 1.165) is 0 Å². The molecule has 2 rings (SSSR count). The molecule has 0 aliphatic rings. The maximum atomic E-state index is 13.3. The van der Waals surface area contributed by atoms with Crippen LogP contribution in [0.5, 0.6) is 0 Å². The van der Waals surface area contributed by atoms with Crippen molar-refractivity contribution in [2.75, 3.05) is 0 Å². The Labute approximate surface area is 117 Å². The lowest BCUT2D eigenvalue weighted by molar-refractivity contribution is 0.103. The van der Waals surface area contributed by atoms with Crippen molar-refractivity contribution in [2.45, 2.75) is 6.92 Å². The number of halogens is 3. The zero-order valence-electron chi connectivity index (χ0n) is 9.51. The van der Waals surface area contributed by atoms with Gasteiger partial charge >= 0.3 is 0 Å². The molecule has 0 amide bonds. The van der Waals surface area contributed by atoms with Crippen LogP contribution in [0.25, 0.3) is 0 Å². The smallest absolute Gasteiger partial charge is 0.194 e. The molecule has 0 radical (unpaired) electrons. The summed E-state index contributed by atoms with van der Waals surface area (Å²) in [7, 11) is 0. The molecule has 4 heteroatoms. The fourth-order valence-electron chi connectivity index (χ4n) is 1.70. The minimum Gasteiger partial charge on any atom is -0.289 e. The van der Waals surface area contributed by atoms with Gasteiger partial charge in [-0.15, -0.1) is 0 Å². The number of benzene rings is 2. The molecule has 2 aromatic carbocycles. The highest BCUT2D eigenvalue weighted by atomic mass is 127. The molecule has 18 heavy (non-hydrogen) atoms. The minimum absolute atomic E-state index is 0.275. The molecule has 2 aromatic rings. The topological polar surface area (TPSA) is 17.1 Å². The Hall–Kier alpha value is -1.30. The number of carbonyl (C=O) groups is 1. The van der Waals surface area contributed by atoms with Crippen molar-refractivity contribution in [3.05, 3.63) is 68.3 Å². The van der Waals surface area contributed by atoms with Crippen LogP contribution >= 0.6 is 22.6 Å². The Balaban J connectivity index is 2.47. The van der Waals surface area contributed by atoms with E-state index in [1.54, 1.807) is 13.0 Å². The first-order valence-electron chi connectivity index (χ1n) is 5.24. The SMILES string of the molecule is Cc1cc(F)cc(C(=O)c2ccc(F)cc2I)c1. The number of ketones is 1. The van der Waals surface area contributed by atoms with Crippen LogP contribution in [0.3, 0.4) is 0 Å². The van der Waals surface area contributed by atoms with Crippen LogP contribution in [0, 0.1) is 22.1 Å². The maximum Gasteiger partial charge on any atom is 0.194 e. The largest absolute Gasteiger partial charge is 0.289 e. The Morgan fingerprint density at radius 2 is 1.78 bits per heavy atom. The van der Waals surface area contributed by atoms with Crippen LogP contribution in [-0.4, -0.2) is 5.78 Å². The fourth-order valence-corrected chi connectivity index (χ4v) is 2.42. The van der Waals surface area contributed by atoms with E-state index in [-0.39, 0.29) is 11.3 Å². The van der Waals surface area contributed by atoms with Crippen molar-refractivity contribution in [3.63, 3.8) is 0 Å². The van der Waals surface area contributed by atoms with Gasteiger partial charge < -0.3 is 0 Å². The summed E-state index contributed by atoms with van der Waals surface area (Å²) >= 11 is 1.89. The summed E-state index contributed by atoms with van der Waals surface area (Å²) in [5, 5.41) is 0. The number of rotatable bonds is 2. The zero-order valence-corrected chi connectivity index (χ0v) is 11.7. The highest BCUT2D eigenvalue weighted by Crippen LogP contribution is 2.19. The van der Waals surface area contributed by atoms with Gasteiger partial charge in [-0.1, -0.05) is 0 Å². The lowest BCUT2D eigenvalue weighted by Crippen LogP contribution is -2.05. The summed E-state index contributed by atoms with van der Waals surface area (Å²) < 4.78 is 26.7. The summed E-state index contributed by atoms with van der Waals surface area (Å²) in [6.45, 7) is 1.72. The zero-order chi connectivity index (χ0) is 13.3. The van der Waals surface area contributed by atoms with Crippen molar-refractivity contribution in [3.8, 4) is 0 Å². The van der Waals surface area contributed by atoms with Crippen molar-refractivity contribution in [1.29, 1.82) is 0 Å². The molecule has 92 valence electrons. The van der Waals surface area contributed by atoms with Crippen LogP contribution in [0.1, 0.15) is 21.5 Å². The van der Waals surface area contributed by atoms with E-state index in [1.165, 1.54) is 30.3 Å². The Kier molecular flexibility index (Phi) is 3.75. The number of aryl methyl sites for hydroxylation is 1. The van der Waals surface area contributed by atoms with Gasteiger partial charge in [-0.2, -0.15) is 0 Å². The van der Waals surface area contributed by atoms with Gasteiger partial charge in [0.15, 0.2) is 5.78 Å². The highest BCUT2D eigenvalue weighted by molar-refractivity contribution is 14.1. The van der Waals surface area contributed by atoms with E-state index in [1.807, 2.05) is 22.6 Å². The van der Waals surface area contributed by atoms with E-state index in [2.05, 4.69) is 0 Å². The molecule has 0 aliphatic heterocycles. The van der Waals surface area contributed by atoms with Crippen LogP contribution in [-0.2, 0) is 0 Å². The monoisotopic (exact) mass is 358 g/mol. The van der Waals surface area contributed by atoms with Crippen molar-refractivity contribution < 1.29 is 13.6 Å². The second-order valence-corrected chi connectivity index (χ2v) is 5.13. The lowest BCUT2D eigenvalue weighted by Gasteiger charge is -2.05. The highest BCUT2D eigenvalue weighted by Gasteiger charge is 2.14. The molecule has 0 unspecified atom stereocenters. The molecular formula is C14H9F2IO. The minimum atomic E-state index is -0.449. The lowest BCUT2D eigenvalue weighted by atomic mass is 10.0. The van der Waals surface area contributed by atoms with E-state index in [9.17, 15) is 13.6 Å². The second-order valence-electron chi connectivity index (χ2n) is 3.97. The maximum absolute atomic E-state index is 13.3. The van der Waals surface area contributed by atoms with Crippen molar-refractivity contribution in [1.82, 2.24) is 0 Å². The molecule has 0 fully saturated rings. The van der Waals surface area contributed by atoms with Gasteiger partial charge in [0.1, 0.15) is 11.6 Å². The first-order valence-corrected chi connectivity index (χ1v) is 6.32. The molecule has 0 aliphatic carbocycles. The Morgan fingerprint density at radius 3 is 2.39 bits per heavy atom. The molecule has 0 saturated carbocycles. The van der Waals surface area contributed by atoms with Crippen LogP contribution in [0.4, 0.5) is 8.78 Å². The second kappa shape index (κ2) is 5.14. The van der Waals surface area contributed by atoms with E-state index in [4.69, 9.17) is 0 Å². The Morgan fingerprint density at radius 1 is 1.06 bits per heavy atom. The molecule has 0 bridgehead atoms. The molecule has 1 nitrogen and oxygen atoms in total. The first-order chi connectivity index (χ1) is 8.47. The van der Waals surface area contributed by atoms with Crippen molar-refractivity contribution in [2.24, 2.45) is 0 Å². The number of carbonyl (C=O) groups excluding carboxylic acids is 1. The third-order valence-electron chi connectivity index (χ3n) is 2.48.